The third kappa shape index (κ3) is 8.73. The van der Waals surface area contributed by atoms with E-state index in [1.54, 1.807) is 35.4 Å². The highest BCUT2D eigenvalue weighted by molar-refractivity contribution is 6.02. The summed E-state index contributed by atoms with van der Waals surface area (Å²) in [6, 6.07) is 16.5. The predicted molar refractivity (Wildman–Crippen MR) is 202 cm³/mol. The Bertz CT molecular complexity index is 1850. The van der Waals surface area contributed by atoms with Crippen molar-refractivity contribution in [1.82, 2.24) is 36.2 Å². The number of nitrogens with two attached hydrogens (primary N) is 2. The number of tetrazole rings is 1. The molecular weight excluding hydrogens is 696 g/mol. The lowest BCUT2D eigenvalue weighted by Gasteiger charge is -2.40. The first kappa shape index (κ1) is 38.0. The van der Waals surface area contributed by atoms with Gasteiger partial charge in [-0.1, -0.05) is 24.3 Å². The molecule has 2 aromatic carbocycles. The zero-order valence-corrected chi connectivity index (χ0v) is 30.6. The molecule has 3 amide bonds. The number of nitrogens with zero attached hydrogens (tertiary/aromatic N) is 5. The average Bonchev–Trinajstić information content (AvgIpc) is 3.70. The molecule has 2 saturated heterocycles. The van der Waals surface area contributed by atoms with Crippen LogP contribution in [0.2, 0.25) is 0 Å². The van der Waals surface area contributed by atoms with E-state index in [1.807, 2.05) is 37.3 Å². The van der Waals surface area contributed by atoms with Gasteiger partial charge in [0.1, 0.15) is 11.7 Å². The summed E-state index contributed by atoms with van der Waals surface area (Å²) in [5.41, 5.74) is 17.3. The molecule has 2 aliphatic heterocycles. The topological polar surface area (TPSA) is 207 Å². The Balaban J connectivity index is 0.00000481. The number of halogens is 1. The molecule has 1 saturated carbocycles. The number of rotatable bonds is 11. The Kier molecular flexibility index (Phi) is 12.1. The van der Waals surface area contributed by atoms with Gasteiger partial charge in [-0.3, -0.25) is 24.3 Å². The number of hydrogen-bond donors (Lipinski definition) is 5. The summed E-state index contributed by atoms with van der Waals surface area (Å²) in [4.78, 5) is 46.7. The molecule has 2 unspecified atom stereocenters. The third-order valence-electron chi connectivity index (χ3n) is 10.8. The first-order valence-electron chi connectivity index (χ1n) is 18.1. The van der Waals surface area contributed by atoms with Crippen molar-refractivity contribution in [3.05, 3.63) is 77.6 Å². The molecule has 280 valence electrons. The normalized spacial score (nSPS) is 22.9. The fourth-order valence-corrected chi connectivity index (χ4v) is 7.92. The van der Waals surface area contributed by atoms with E-state index in [0.717, 1.165) is 53.5 Å². The number of aromatic amines is 1. The summed E-state index contributed by atoms with van der Waals surface area (Å²) in [6.07, 6.45) is 6.78. The van der Waals surface area contributed by atoms with Crippen LogP contribution in [0.5, 0.6) is 0 Å². The van der Waals surface area contributed by atoms with E-state index in [2.05, 4.69) is 36.2 Å². The van der Waals surface area contributed by atoms with Crippen LogP contribution in [-0.2, 0) is 20.7 Å². The largest absolute Gasteiger partial charge is 0.378 e. The minimum Gasteiger partial charge on any atom is -0.378 e. The van der Waals surface area contributed by atoms with Crippen molar-refractivity contribution < 1.29 is 19.1 Å². The first-order valence-corrected chi connectivity index (χ1v) is 18.1. The van der Waals surface area contributed by atoms with Gasteiger partial charge in [0.2, 0.25) is 17.6 Å². The van der Waals surface area contributed by atoms with Crippen LogP contribution in [0.25, 0.3) is 22.5 Å². The standard InChI is InChI=1S/C38H46N10O4.ClH/c1-22-14-33(37(50)43-28-16-29-20-52-21-30(17-28)42-29)41-19-32(22)25-6-2-23(3-7-25)15-34(35(40)49)48(38(51)27-8-4-24(18-39)5-9-27)31-12-10-26(11-13-31)36-44-46-47-45-36;/h2-3,6-7,10-14,19,24,27-30,34,42H,4-5,8-9,15-18,20-21,39H2,1H3,(H2,40,49)(H,43,50)(H,44,45,46,47);1H/t24?,27?,28?,29?,30?,34-;/m0./s1. The molecule has 3 atom stereocenters. The average molecular weight is 743 g/mol. The maximum atomic E-state index is 14.3. The van der Waals surface area contributed by atoms with Crippen LogP contribution in [0.4, 0.5) is 5.69 Å². The smallest absolute Gasteiger partial charge is 0.270 e. The van der Waals surface area contributed by atoms with Gasteiger partial charge >= 0.3 is 0 Å². The molecule has 1 aliphatic carbocycles. The summed E-state index contributed by atoms with van der Waals surface area (Å²) in [5, 5.41) is 20.9. The number of aromatic nitrogens is 5. The number of primary amides is 1. The van der Waals surface area contributed by atoms with Crippen molar-refractivity contribution in [3.8, 4) is 22.5 Å². The van der Waals surface area contributed by atoms with Gasteiger partial charge in [-0.15, -0.1) is 22.6 Å². The Morgan fingerprint density at radius 1 is 0.981 bits per heavy atom. The Hall–Kier alpha value is -4.76. The molecule has 3 aliphatic rings. The van der Waals surface area contributed by atoms with Crippen LogP contribution < -0.4 is 27.0 Å². The van der Waals surface area contributed by atoms with Gasteiger partial charge in [0.05, 0.1) is 13.2 Å². The second-order valence-corrected chi connectivity index (χ2v) is 14.4. The number of carbonyl (C=O) groups excluding carboxylic acids is 3. The minimum absolute atomic E-state index is 0. The van der Waals surface area contributed by atoms with Crippen LogP contribution in [0.15, 0.2) is 60.8 Å². The highest BCUT2D eigenvalue weighted by Gasteiger charge is 2.36. The predicted octanol–water partition coefficient (Wildman–Crippen LogP) is 3.10. The lowest BCUT2D eigenvalue weighted by atomic mass is 9.81. The molecule has 4 aromatic rings. The second kappa shape index (κ2) is 16.9. The number of anilines is 1. The Morgan fingerprint density at radius 3 is 2.26 bits per heavy atom. The van der Waals surface area contributed by atoms with Gasteiger partial charge in [-0.2, -0.15) is 5.21 Å². The third-order valence-corrected chi connectivity index (χ3v) is 10.8. The number of fused-ring (bicyclic) bond motifs is 2. The summed E-state index contributed by atoms with van der Waals surface area (Å²) < 4.78 is 5.63. The Labute approximate surface area is 314 Å². The second-order valence-electron chi connectivity index (χ2n) is 14.4. The van der Waals surface area contributed by atoms with Crippen molar-refractivity contribution in [1.29, 1.82) is 0 Å². The van der Waals surface area contributed by atoms with Gasteiger partial charge < -0.3 is 26.8 Å². The van der Waals surface area contributed by atoms with Crippen LogP contribution in [0, 0.1) is 18.8 Å². The van der Waals surface area contributed by atoms with Crippen LogP contribution >= 0.6 is 12.4 Å². The zero-order valence-electron chi connectivity index (χ0n) is 29.7. The van der Waals surface area contributed by atoms with E-state index < -0.39 is 11.9 Å². The van der Waals surface area contributed by atoms with Gasteiger partial charge in [0, 0.05) is 53.5 Å². The van der Waals surface area contributed by atoms with Gasteiger partial charge in [0.25, 0.3) is 5.91 Å². The van der Waals surface area contributed by atoms with E-state index in [-0.39, 0.29) is 54.7 Å². The quantitative estimate of drug-likeness (QED) is 0.152. The number of aryl methyl sites for hydroxylation is 1. The number of benzene rings is 2. The number of H-pyrrole nitrogens is 1. The number of carbonyl (C=O) groups is 3. The summed E-state index contributed by atoms with van der Waals surface area (Å²) in [7, 11) is 0. The van der Waals surface area contributed by atoms with E-state index >= 15 is 0 Å². The number of ether oxygens (including phenoxy) is 1. The van der Waals surface area contributed by atoms with Gasteiger partial charge in [-0.25, -0.2) is 0 Å². The highest BCUT2D eigenvalue weighted by atomic mass is 35.5. The van der Waals surface area contributed by atoms with Crippen molar-refractivity contribution >= 4 is 35.8 Å². The summed E-state index contributed by atoms with van der Waals surface area (Å²) in [6.45, 7) is 3.90. The van der Waals surface area contributed by atoms with E-state index in [4.69, 9.17) is 16.2 Å². The van der Waals surface area contributed by atoms with Gasteiger partial charge in [0.15, 0.2) is 0 Å². The summed E-state index contributed by atoms with van der Waals surface area (Å²) in [5.74, 6) is -0.298. The lowest BCUT2D eigenvalue weighted by molar-refractivity contribution is -0.127. The molecule has 3 fully saturated rings. The number of hydrogen-bond acceptors (Lipinski definition) is 10. The zero-order chi connectivity index (χ0) is 36.2. The van der Waals surface area contributed by atoms with Crippen LogP contribution in [-0.4, -0.2) is 87.3 Å². The molecule has 0 spiro atoms. The van der Waals surface area contributed by atoms with Gasteiger partial charge in [-0.05, 0) is 110 Å². The molecule has 0 radical (unpaired) electrons. The van der Waals surface area contributed by atoms with E-state index in [0.29, 0.717) is 55.7 Å². The van der Waals surface area contributed by atoms with Crippen molar-refractivity contribution in [2.75, 3.05) is 24.7 Å². The molecular formula is C38H47ClN10O4. The number of pyridine rings is 1. The van der Waals surface area contributed by atoms with E-state index in [9.17, 15) is 14.4 Å². The maximum absolute atomic E-state index is 14.3. The SMILES string of the molecule is Cc1cc(C(=O)NC2CC3COCC(C2)N3)ncc1-c1ccc(C[C@@H](C(N)=O)N(C(=O)C2CCC(CN)CC2)c2ccc(-c3nn[nH]n3)cc2)cc1.Cl. The first-order chi connectivity index (χ1) is 25.2. The highest BCUT2D eigenvalue weighted by Crippen LogP contribution is 2.33. The molecule has 2 bridgehead atoms. The Morgan fingerprint density at radius 2 is 1.66 bits per heavy atom. The maximum Gasteiger partial charge on any atom is 0.270 e. The molecule has 15 heteroatoms. The monoisotopic (exact) mass is 742 g/mol. The number of nitrogens with one attached hydrogen (secondary N) is 3. The molecule has 7 N–H and O–H groups in total. The number of piperidine rings is 1. The molecule has 4 heterocycles. The molecule has 14 nitrogen and oxygen atoms in total. The summed E-state index contributed by atoms with van der Waals surface area (Å²) >= 11 is 0. The number of amides is 3. The van der Waals surface area contributed by atoms with Crippen LogP contribution in [0.1, 0.15) is 60.1 Å². The van der Waals surface area contributed by atoms with Crippen molar-refractivity contribution in [2.24, 2.45) is 23.3 Å². The van der Waals surface area contributed by atoms with E-state index in [1.165, 1.54) is 0 Å². The van der Waals surface area contributed by atoms with Crippen molar-refractivity contribution in [2.45, 2.75) is 76.0 Å². The number of morpholine rings is 1. The molecule has 7 rings (SSSR count). The molecule has 2 aromatic heterocycles. The molecule has 53 heavy (non-hydrogen) atoms. The fourth-order valence-electron chi connectivity index (χ4n) is 7.92. The minimum atomic E-state index is -0.921. The fraction of sp³-hybridized carbons (Fsp3) is 0.447. The van der Waals surface area contributed by atoms with Crippen molar-refractivity contribution in [3.63, 3.8) is 0 Å². The lowest BCUT2D eigenvalue weighted by Crippen LogP contribution is -2.58. The van der Waals surface area contributed by atoms with Crippen LogP contribution in [0.3, 0.4) is 0 Å².